The highest BCUT2D eigenvalue weighted by molar-refractivity contribution is 6.31. The molecule has 2 rings (SSSR count). The molecule has 1 saturated heterocycles. The molecule has 2 N–H and O–H groups in total. The summed E-state index contributed by atoms with van der Waals surface area (Å²) in [5.74, 6) is 0.703. The summed E-state index contributed by atoms with van der Waals surface area (Å²) < 4.78 is 2.02. The van der Waals surface area contributed by atoms with Crippen molar-refractivity contribution in [3.63, 3.8) is 0 Å². The minimum atomic E-state index is 0.703. The maximum atomic E-state index is 6.34. The topological polar surface area (TPSA) is 47.1 Å². The lowest BCUT2D eigenvalue weighted by molar-refractivity contribution is 0.176. The normalized spacial score (nSPS) is 18.4. The highest BCUT2D eigenvalue weighted by atomic mass is 35.5. The highest BCUT2D eigenvalue weighted by Gasteiger charge is 2.21. The average Bonchev–Trinajstić information content (AvgIpc) is 2.67. The fourth-order valence-electron chi connectivity index (χ4n) is 2.61. The Hall–Kier alpha value is -0.580. The summed E-state index contributed by atoms with van der Waals surface area (Å²) in [5.41, 5.74) is 7.81. The van der Waals surface area contributed by atoms with Gasteiger partial charge >= 0.3 is 0 Å². The third-order valence-electron chi connectivity index (χ3n) is 3.87. The number of rotatable bonds is 4. The first-order valence-corrected chi connectivity index (χ1v) is 7.17. The second-order valence-electron chi connectivity index (χ2n) is 5.12. The van der Waals surface area contributed by atoms with Crippen molar-refractivity contribution < 1.29 is 0 Å². The Kier molecular flexibility index (Phi) is 4.65. The van der Waals surface area contributed by atoms with Crippen molar-refractivity contribution in [3.8, 4) is 0 Å². The summed E-state index contributed by atoms with van der Waals surface area (Å²) in [6, 6.07) is 0. The quantitative estimate of drug-likeness (QED) is 0.911. The molecule has 1 aliphatic heterocycles. The SMILES string of the molecule is CCn1nc(C)c(Cl)c1CN1CCC(CN)CC1. The number of likely N-dealkylation sites (tertiary alicyclic amines) is 1. The summed E-state index contributed by atoms with van der Waals surface area (Å²) >= 11 is 6.34. The maximum absolute atomic E-state index is 6.34. The zero-order valence-electron chi connectivity index (χ0n) is 11.3. The van der Waals surface area contributed by atoms with Crippen molar-refractivity contribution in [1.29, 1.82) is 0 Å². The molecule has 0 unspecified atom stereocenters. The smallest absolute Gasteiger partial charge is 0.0860 e. The first kappa shape index (κ1) is 13.8. The minimum absolute atomic E-state index is 0.703. The van der Waals surface area contributed by atoms with Crippen LogP contribution in [0.15, 0.2) is 0 Å². The van der Waals surface area contributed by atoms with Crippen LogP contribution in [0.1, 0.15) is 31.2 Å². The van der Waals surface area contributed by atoms with Crippen LogP contribution in [0.2, 0.25) is 5.02 Å². The molecule has 0 bridgehead atoms. The van der Waals surface area contributed by atoms with Gasteiger partial charge in [0.2, 0.25) is 0 Å². The molecule has 1 aromatic rings. The van der Waals surface area contributed by atoms with Crippen LogP contribution in [0.25, 0.3) is 0 Å². The minimum Gasteiger partial charge on any atom is -0.330 e. The van der Waals surface area contributed by atoms with E-state index in [-0.39, 0.29) is 0 Å². The van der Waals surface area contributed by atoms with E-state index in [9.17, 15) is 0 Å². The molecule has 18 heavy (non-hydrogen) atoms. The highest BCUT2D eigenvalue weighted by Crippen LogP contribution is 2.24. The van der Waals surface area contributed by atoms with Gasteiger partial charge in [0.25, 0.3) is 0 Å². The van der Waals surface area contributed by atoms with E-state index in [2.05, 4.69) is 16.9 Å². The molecular formula is C13H23ClN4. The van der Waals surface area contributed by atoms with E-state index in [1.807, 2.05) is 11.6 Å². The van der Waals surface area contributed by atoms with Gasteiger partial charge in [-0.2, -0.15) is 5.10 Å². The molecule has 1 aromatic heterocycles. The van der Waals surface area contributed by atoms with Gasteiger partial charge in [-0.1, -0.05) is 11.6 Å². The van der Waals surface area contributed by atoms with E-state index in [0.29, 0.717) is 5.92 Å². The Balaban J connectivity index is 2.02. The van der Waals surface area contributed by atoms with Crippen molar-refractivity contribution in [3.05, 3.63) is 16.4 Å². The summed E-state index contributed by atoms with van der Waals surface area (Å²) in [6.07, 6.45) is 2.40. The molecule has 0 atom stereocenters. The Labute approximate surface area is 114 Å². The van der Waals surface area contributed by atoms with Crippen LogP contribution in [-0.2, 0) is 13.1 Å². The fraction of sp³-hybridized carbons (Fsp3) is 0.769. The third kappa shape index (κ3) is 2.87. The van der Waals surface area contributed by atoms with Gasteiger partial charge in [-0.05, 0) is 52.2 Å². The second kappa shape index (κ2) is 6.04. The lowest BCUT2D eigenvalue weighted by Crippen LogP contribution is -2.36. The van der Waals surface area contributed by atoms with Gasteiger partial charge in [-0.15, -0.1) is 0 Å². The number of nitrogens with zero attached hydrogens (tertiary/aromatic N) is 3. The van der Waals surface area contributed by atoms with Crippen LogP contribution >= 0.6 is 11.6 Å². The summed E-state index contributed by atoms with van der Waals surface area (Å²) in [5, 5.41) is 5.29. The zero-order valence-corrected chi connectivity index (χ0v) is 12.1. The summed E-state index contributed by atoms with van der Waals surface area (Å²) in [7, 11) is 0. The number of aryl methyl sites for hydroxylation is 2. The van der Waals surface area contributed by atoms with E-state index in [1.54, 1.807) is 0 Å². The molecule has 1 fully saturated rings. The summed E-state index contributed by atoms with van der Waals surface area (Å²) in [6.45, 7) is 8.91. The number of hydrogen-bond donors (Lipinski definition) is 1. The second-order valence-corrected chi connectivity index (χ2v) is 5.50. The van der Waals surface area contributed by atoms with Gasteiger partial charge in [0.1, 0.15) is 0 Å². The van der Waals surface area contributed by atoms with E-state index < -0.39 is 0 Å². The number of aromatic nitrogens is 2. The Morgan fingerprint density at radius 1 is 1.39 bits per heavy atom. The maximum Gasteiger partial charge on any atom is 0.0860 e. The van der Waals surface area contributed by atoms with Crippen molar-refractivity contribution >= 4 is 11.6 Å². The lowest BCUT2D eigenvalue weighted by Gasteiger charge is -2.31. The molecule has 1 aliphatic rings. The third-order valence-corrected chi connectivity index (χ3v) is 4.36. The van der Waals surface area contributed by atoms with Gasteiger partial charge in [-0.25, -0.2) is 0 Å². The van der Waals surface area contributed by atoms with Crippen molar-refractivity contribution in [2.24, 2.45) is 11.7 Å². The van der Waals surface area contributed by atoms with Crippen molar-refractivity contribution in [2.45, 2.75) is 39.8 Å². The summed E-state index contributed by atoms with van der Waals surface area (Å²) in [4.78, 5) is 2.46. The molecule has 0 spiro atoms. The van der Waals surface area contributed by atoms with Crippen LogP contribution in [-0.4, -0.2) is 34.3 Å². The zero-order chi connectivity index (χ0) is 13.1. The first-order valence-electron chi connectivity index (χ1n) is 6.79. The predicted molar refractivity (Wildman–Crippen MR) is 74.7 cm³/mol. The van der Waals surface area contributed by atoms with Crippen molar-refractivity contribution in [1.82, 2.24) is 14.7 Å². The molecule has 0 aliphatic carbocycles. The largest absolute Gasteiger partial charge is 0.330 e. The average molecular weight is 271 g/mol. The lowest BCUT2D eigenvalue weighted by atomic mass is 9.97. The van der Waals surface area contributed by atoms with E-state index >= 15 is 0 Å². The molecular weight excluding hydrogens is 248 g/mol. The van der Waals surface area contributed by atoms with Crippen LogP contribution in [0.3, 0.4) is 0 Å². The van der Waals surface area contributed by atoms with Crippen LogP contribution in [0.4, 0.5) is 0 Å². The van der Waals surface area contributed by atoms with Gasteiger partial charge in [-0.3, -0.25) is 9.58 Å². The monoisotopic (exact) mass is 270 g/mol. The van der Waals surface area contributed by atoms with Gasteiger partial charge in [0.15, 0.2) is 0 Å². The van der Waals surface area contributed by atoms with Gasteiger partial charge in [0, 0.05) is 13.1 Å². The Morgan fingerprint density at radius 2 is 2.06 bits per heavy atom. The van der Waals surface area contributed by atoms with Crippen molar-refractivity contribution in [2.75, 3.05) is 19.6 Å². The Morgan fingerprint density at radius 3 is 2.61 bits per heavy atom. The molecule has 102 valence electrons. The molecule has 0 aromatic carbocycles. The number of nitrogens with two attached hydrogens (primary N) is 1. The van der Waals surface area contributed by atoms with Crippen LogP contribution in [0.5, 0.6) is 0 Å². The van der Waals surface area contributed by atoms with Gasteiger partial charge in [0.05, 0.1) is 16.4 Å². The fourth-order valence-corrected chi connectivity index (χ4v) is 2.81. The van der Waals surface area contributed by atoms with E-state index in [1.165, 1.54) is 12.8 Å². The molecule has 2 heterocycles. The molecule has 0 radical (unpaired) electrons. The van der Waals surface area contributed by atoms with Crippen LogP contribution < -0.4 is 5.73 Å². The number of halogens is 1. The molecule has 4 nitrogen and oxygen atoms in total. The Bertz CT molecular complexity index is 394. The number of piperidine rings is 1. The molecule has 0 saturated carbocycles. The van der Waals surface area contributed by atoms with Gasteiger partial charge < -0.3 is 5.73 Å². The standard InChI is InChI=1S/C13H23ClN4/c1-3-18-12(13(14)10(2)16-18)9-17-6-4-11(8-15)5-7-17/h11H,3-9,15H2,1-2H3. The number of hydrogen-bond acceptors (Lipinski definition) is 3. The molecule has 0 amide bonds. The van der Waals surface area contributed by atoms with E-state index in [4.69, 9.17) is 17.3 Å². The predicted octanol–water partition coefficient (Wildman–Crippen LogP) is 2.04. The van der Waals surface area contributed by atoms with Crippen LogP contribution in [0, 0.1) is 12.8 Å². The van der Waals surface area contributed by atoms with E-state index in [0.717, 1.165) is 49.1 Å². The first-order chi connectivity index (χ1) is 8.65. The molecule has 5 heteroatoms.